The van der Waals surface area contributed by atoms with Crippen molar-refractivity contribution in [3.63, 3.8) is 0 Å². The largest absolute Gasteiger partial charge is 0.0878 e. The van der Waals surface area contributed by atoms with E-state index >= 15 is 0 Å². The van der Waals surface area contributed by atoms with Crippen LogP contribution in [-0.4, -0.2) is 9.65 Å². The van der Waals surface area contributed by atoms with Crippen molar-refractivity contribution in [2.45, 2.75) is 115 Å². The Labute approximate surface area is 198 Å². The van der Waals surface area contributed by atoms with Gasteiger partial charge in [-0.05, 0) is 104 Å². The predicted molar refractivity (Wildman–Crippen MR) is 134 cm³/mol. The highest BCUT2D eigenvalue weighted by molar-refractivity contribution is 9.12. The normalized spacial score (nSPS) is 50.7. The van der Waals surface area contributed by atoms with Crippen LogP contribution in [0, 0.1) is 52.3 Å². The van der Waals surface area contributed by atoms with E-state index in [1.165, 1.54) is 70.6 Å². The first-order chi connectivity index (χ1) is 13.7. The third-order valence-electron chi connectivity index (χ3n) is 10.9. The zero-order chi connectivity index (χ0) is 21.0. The van der Waals surface area contributed by atoms with E-state index in [-0.39, 0.29) is 0 Å². The van der Waals surface area contributed by atoms with Crippen molar-refractivity contribution in [3.8, 4) is 0 Å². The van der Waals surface area contributed by atoms with Crippen molar-refractivity contribution in [1.29, 1.82) is 0 Å². The van der Waals surface area contributed by atoms with Crippen LogP contribution in [0.4, 0.5) is 0 Å². The Hall–Kier alpha value is 0.960. The lowest BCUT2D eigenvalue weighted by Crippen LogP contribution is -2.58. The molecule has 0 bridgehead atoms. The molecule has 0 unspecified atom stereocenters. The summed E-state index contributed by atoms with van der Waals surface area (Å²) < 4.78 is 0. The molecule has 4 aliphatic carbocycles. The smallest absolute Gasteiger partial charge is 0.0330 e. The Bertz CT molecular complexity index is 569. The number of rotatable bonds is 5. The third kappa shape index (κ3) is 3.85. The van der Waals surface area contributed by atoms with Gasteiger partial charge in [-0.2, -0.15) is 0 Å². The van der Waals surface area contributed by atoms with E-state index in [9.17, 15) is 0 Å². The number of hydrogen-bond acceptors (Lipinski definition) is 0. The molecule has 0 spiro atoms. The molecule has 10 atom stereocenters. The lowest BCUT2D eigenvalue weighted by molar-refractivity contribution is -0.109. The molecule has 2 heteroatoms. The molecule has 0 heterocycles. The van der Waals surface area contributed by atoms with Crippen molar-refractivity contribution >= 4 is 31.9 Å². The van der Waals surface area contributed by atoms with Gasteiger partial charge in [0.25, 0.3) is 0 Å². The maximum Gasteiger partial charge on any atom is 0.0330 e. The van der Waals surface area contributed by atoms with Crippen LogP contribution in [0.3, 0.4) is 0 Å². The molecule has 0 aromatic rings. The van der Waals surface area contributed by atoms with E-state index in [0.717, 1.165) is 41.4 Å². The van der Waals surface area contributed by atoms with E-state index in [4.69, 9.17) is 0 Å². The number of hydrogen-bond donors (Lipinski definition) is 0. The Morgan fingerprint density at radius 2 is 1.55 bits per heavy atom. The van der Waals surface area contributed by atoms with Crippen molar-refractivity contribution in [1.82, 2.24) is 0 Å². The van der Waals surface area contributed by atoms with Gasteiger partial charge < -0.3 is 0 Å². The fourth-order valence-electron chi connectivity index (χ4n) is 9.28. The first kappa shape index (κ1) is 23.1. The van der Waals surface area contributed by atoms with Crippen molar-refractivity contribution in [2.75, 3.05) is 0 Å². The predicted octanol–water partition coefficient (Wildman–Crippen LogP) is 9.24. The summed E-state index contributed by atoms with van der Waals surface area (Å²) in [4.78, 5) is 1.34. The zero-order valence-corrected chi connectivity index (χ0v) is 22.9. The molecule has 168 valence electrons. The van der Waals surface area contributed by atoms with Gasteiger partial charge in [-0.1, -0.05) is 85.7 Å². The van der Waals surface area contributed by atoms with Gasteiger partial charge in [-0.3, -0.25) is 0 Å². The monoisotopic (exact) mass is 528 g/mol. The average Bonchev–Trinajstić information content (AvgIpc) is 3.02. The Morgan fingerprint density at radius 3 is 2.28 bits per heavy atom. The highest BCUT2D eigenvalue weighted by Crippen LogP contribution is 2.69. The summed E-state index contributed by atoms with van der Waals surface area (Å²) in [6, 6.07) is 0. The van der Waals surface area contributed by atoms with Gasteiger partial charge in [-0.15, -0.1) is 0 Å². The fraction of sp³-hybridized carbons (Fsp3) is 1.00. The van der Waals surface area contributed by atoms with Crippen LogP contribution in [0.1, 0.15) is 105 Å². The van der Waals surface area contributed by atoms with Crippen LogP contribution in [0.15, 0.2) is 0 Å². The maximum atomic E-state index is 4.23. The first-order valence-corrected chi connectivity index (χ1v) is 14.8. The van der Waals surface area contributed by atoms with Crippen LogP contribution in [0.25, 0.3) is 0 Å². The molecule has 4 saturated carbocycles. The number of halogens is 2. The highest BCUT2D eigenvalue weighted by Gasteiger charge is 2.62. The molecule has 4 aliphatic rings. The average molecular weight is 530 g/mol. The molecule has 0 nitrogen and oxygen atoms in total. The Kier molecular flexibility index (Phi) is 6.95. The molecule has 0 aromatic carbocycles. The summed E-state index contributed by atoms with van der Waals surface area (Å²) in [5.74, 6) is 6.70. The van der Waals surface area contributed by atoms with Gasteiger partial charge in [0, 0.05) is 9.65 Å². The van der Waals surface area contributed by atoms with Gasteiger partial charge in [0.05, 0.1) is 0 Å². The second-order valence-electron chi connectivity index (χ2n) is 12.5. The quantitative estimate of drug-likeness (QED) is 0.311. The second kappa shape index (κ2) is 8.72. The first-order valence-electron chi connectivity index (χ1n) is 13.0. The van der Waals surface area contributed by atoms with Crippen LogP contribution in [0.5, 0.6) is 0 Å². The lowest BCUT2D eigenvalue weighted by Gasteiger charge is -2.63. The van der Waals surface area contributed by atoms with E-state index in [0.29, 0.717) is 20.5 Å². The van der Waals surface area contributed by atoms with Crippen molar-refractivity contribution in [2.24, 2.45) is 52.3 Å². The van der Waals surface area contributed by atoms with Crippen molar-refractivity contribution in [3.05, 3.63) is 0 Å². The Balaban J connectivity index is 1.50. The lowest BCUT2D eigenvalue weighted by atomic mass is 9.44. The summed E-state index contributed by atoms with van der Waals surface area (Å²) >= 11 is 8.28. The topological polar surface area (TPSA) is 0 Å². The van der Waals surface area contributed by atoms with E-state index in [1.54, 1.807) is 0 Å². The summed E-state index contributed by atoms with van der Waals surface area (Å²) in [7, 11) is 0. The molecular formula is C27H46Br2. The maximum absolute atomic E-state index is 4.23. The summed E-state index contributed by atoms with van der Waals surface area (Å²) in [5, 5.41) is 0. The minimum Gasteiger partial charge on any atom is -0.0878 e. The van der Waals surface area contributed by atoms with Crippen molar-refractivity contribution < 1.29 is 0 Å². The molecule has 0 radical (unpaired) electrons. The minimum absolute atomic E-state index is 0.512. The molecule has 0 amide bonds. The van der Waals surface area contributed by atoms with Gasteiger partial charge in [0.1, 0.15) is 0 Å². The fourth-order valence-corrected chi connectivity index (χ4v) is 11.1. The molecule has 4 fully saturated rings. The second-order valence-corrected chi connectivity index (χ2v) is 14.7. The summed E-state index contributed by atoms with van der Waals surface area (Å²) in [5.41, 5.74) is 1.14. The molecule has 4 rings (SSSR count). The van der Waals surface area contributed by atoms with Gasteiger partial charge >= 0.3 is 0 Å². The van der Waals surface area contributed by atoms with Crippen LogP contribution in [-0.2, 0) is 0 Å². The standard InChI is InChI=1S/C27H46Br2/c1-17(2)7-6-8-18(3)21-12-13-22-20-11-9-19-10-14-24(28)25(29)27(19,5)23(20)15-16-26(21,22)4/h17-25H,6-16H2,1-5H3/t18-,19+,20+,21-,22+,23+,24-,25+,26-,27+/m1/s1. The minimum atomic E-state index is 0.512. The van der Waals surface area contributed by atoms with Crippen LogP contribution >= 0.6 is 31.9 Å². The molecule has 29 heavy (non-hydrogen) atoms. The van der Waals surface area contributed by atoms with Crippen LogP contribution < -0.4 is 0 Å². The Morgan fingerprint density at radius 1 is 0.828 bits per heavy atom. The molecular weight excluding hydrogens is 484 g/mol. The number of fused-ring (bicyclic) bond motifs is 5. The molecule has 0 saturated heterocycles. The van der Waals surface area contributed by atoms with Gasteiger partial charge in [0.15, 0.2) is 0 Å². The SMILES string of the molecule is CC(C)CCC[C@@H](C)[C@H]1CC[C@H]2[C@@H]3CC[C@H]4CC[C@@H](Br)[C@H](Br)[C@]4(C)[C@H]3CC[C@]12C. The molecule has 0 N–H and O–H groups in total. The molecule has 0 aromatic heterocycles. The summed E-state index contributed by atoms with van der Waals surface area (Å²) in [6.07, 6.45) is 16.2. The number of alkyl halides is 2. The van der Waals surface area contributed by atoms with E-state index in [2.05, 4.69) is 66.5 Å². The van der Waals surface area contributed by atoms with Crippen LogP contribution in [0.2, 0.25) is 0 Å². The third-order valence-corrected chi connectivity index (χ3v) is 14.2. The van der Waals surface area contributed by atoms with Gasteiger partial charge in [-0.25, -0.2) is 0 Å². The zero-order valence-electron chi connectivity index (χ0n) is 19.7. The summed E-state index contributed by atoms with van der Waals surface area (Å²) in [6.45, 7) is 12.8. The van der Waals surface area contributed by atoms with Gasteiger partial charge in [0.2, 0.25) is 0 Å². The van der Waals surface area contributed by atoms with E-state index < -0.39 is 0 Å². The highest BCUT2D eigenvalue weighted by atomic mass is 79.9. The molecule has 0 aliphatic heterocycles. The van der Waals surface area contributed by atoms with E-state index in [1.807, 2.05) is 0 Å².